The normalized spacial score (nSPS) is 10.2. The molecule has 154 valence electrons. The molecule has 0 aliphatic rings. The van der Waals surface area contributed by atoms with Crippen LogP contribution in [-0.4, -0.2) is 14.2 Å². The summed E-state index contributed by atoms with van der Waals surface area (Å²) in [5, 5.41) is 4.13. The summed E-state index contributed by atoms with van der Waals surface area (Å²) in [5.41, 5.74) is 3.17. The van der Waals surface area contributed by atoms with Crippen molar-refractivity contribution in [2.45, 2.75) is 19.7 Å². The van der Waals surface area contributed by atoms with Crippen molar-refractivity contribution in [3.63, 3.8) is 0 Å². The van der Waals surface area contributed by atoms with E-state index in [1.807, 2.05) is 60.7 Å². The molecule has 0 fully saturated rings. The zero-order chi connectivity index (χ0) is 19.8. The Morgan fingerprint density at radius 3 is 2.17 bits per heavy atom. The van der Waals surface area contributed by atoms with Gasteiger partial charge in [0.15, 0.2) is 11.5 Å². The lowest BCUT2D eigenvalue weighted by Gasteiger charge is -2.14. The Hall–Kier alpha value is -2.40. The maximum atomic E-state index is 6.19. The monoisotopic (exact) mass is 433 g/mol. The van der Waals surface area contributed by atoms with Crippen LogP contribution in [-0.2, 0) is 19.7 Å². The van der Waals surface area contributed by atoms with Crippen molar-refractivity contribution in [3.05, 3.63) is 88.4 Å². The van der Waals surface area contributed by atoms with Gasteiger partial charge in [0.1, 0.15) is 12.4 Å². The Labute approximate surface area is 183 Å². The Kier molecular flexibility index (Phi) is 9.13. The number of para-hydroxylation sites is 1. The van der Waals surface area contributed by atoms with Gasteiger partial charge in [-0.3, -0.25) is 0 Å². The van der Waals surface area contributed by atoms with E-state index in [1.54, 1.807) is 14.2 Å². The summed E-state index contributed by atoms with van der Waals surface area (Å²) in [7, 11) is 3.33. The molecule has 3 aromatic carbocycles. The van der Waals surface area contributed by atoms with Gasteiger partial charge in [-0.2, -0.15) is 0 Å². The van der Waals surface area contributed by atoms with E-state index in [0.717, 1.165) is 29.0 Å². The lowest BCUT2D eigenvalue weighted by Crippen LogP contribution is -2.13. The largest absolute Gasteiger partial charge is 0.496 e. The van der Waals surface area contributed by atoms with E-state index in [1.165, 1.54) is 0 Å². The molecular weight excluding hydrogens is 409 g/mol. The van der Waals surface area contributed by atoms with Gasteiger partial charge in [0.2, 0.25) is 0 Å². The first-order valence-electron chi connectivity index (χ1n) is 9.07. The number of hydrogen-bond donors (Lipinski definition) is 1. The third-order valence-corrected chi connectivity index (χ3v) is 4.77. The summed E-state index contributed by atoms with van der Waals surface area (Å²) in [6, 6.07) is 21.6. The third kappa shape index (κ3) is 6.29. The molecule has 0 bridgehead atoms. The fraction of sp³-hybridized carbons (Fsp3) is 0.217. The molecule has 0 saturated carbocycles. The number of rotatable bonds is 9. The molecule has 6 heteroatoms. The third-order valence-electron chi connectivity index (χ3n) is 4.41. The summed E-state index contributed by atoms with van der Waals surface area (Å²) >= 11 is 6.19. The van der Waals surface area contributed by atoms with Crippen molar-refractivity contribution in [3.8, 4) is 17.2 Å². The second-order valence-electron chi connectivity index (χ2n) is 6.28. The minimum atomic E-state index is 0. The number of ether oxygens (including phenoxy) is 3. The predicted molar refractivity (Wildman–Crippen MR) is 120 cm³/mol. The highest BCUT2D eigenvalue weighted by molar-refractivity contribution is 6.31. The van der Waals surface area contributed by atoms with E-state index < -0.39 is 0 Å². The van der Waals surface area contributed by atoms with Gasteiger partial charge < -0.3 is 19.5 Å². The number of benzene rings is 3. The van der Waals surface area contributed by atoms with Crippen LogP contribution in [0.2, 0.25) is 5.02 Å². The Morgan fingerprint density at radius 2 is 1.45 bits per heavy atom. The van der Waals surface area contributed by atoms with Crippen LogP contribution < -0.4 is 19.5 Å². The van der Waals surface area contributed by atoms with Crippen LogP contribution in [0.25, 0.3) is 0 Å². The fourth-order valence-electron chi connectivity index (χ4n) is 2.90. The first-order chi connectivity index (χ1) is 13.7. The lowest BCUT2D eigenvalue weighted by atomic mass is 10.1. The summed E-state index contributed by atoms with van der Waals surface area (Å²) < 4.78 is 16.8. The molecule has 0 atom stereocenters. The zero-order valence-corrected chi connectivity index (χ0v) is 18.1. The predicted octanol–water partition coefficient (Wildman–Crippen LogP) is 5.65. The van der Waals surface area contributed by atoms with E-state index >= 15 is 0 Å². The second kappa shape index (κ2) is 11.6. The van der Waals surface area contributed by atoms with Crippen LogP contribution in [0.1, 0.15) is 16.7 Å². The molecule has 3 aromatic rings. The van der Waals surface area contributed by atoms with E-state index in [2.05, 4.69) is 11.4 Å². The van der Waals surface area contributed by atoms with Crippen molar-refractivity contribution < 1.29 is 14.2 Å². The minimum Gasteiger partial charge on any atom is -0.496 e. The Bertz CT molecular complexity index is 918. The highest BCUT2D eigenvalue weighted by Crippen LogP contribution is 2.29. The second-order valence-corrected chi connectivity index (χ2v) is 6.69. The number of methoxy groups -OCH3 is 2. The quantitative estimate of drug-likeness (QED) is 0.473. The van der Waals surface area contributed by atoms with Crippen molar-refractivity contribution in [2.75, 3.05) is 14.2 Å². The van der Waals surface area contributed by atoms with Crippen LogP contribution >= 0.6 is 24.0 Å². The van der Waals surface area contributed by atoms with Crippen LogP contribution in [0.15, 0.2) is 66.7 Å². The molecule has 1 N–H and O–H groups in total. The molecule has 0 amide bonds. The topological polar surface area (TPSA) is 39.7 Å². The highest BCUT2D eigenvalue weighted by atomic mass is 35.5. The minimum absolute atomic E-state index is 0. The van der Waals surface area contributed by atoms with E-state index in [4.69, 9.17) is 25.8 Å². The van der Waals surface area contributed by atoms with Crippen LogP contribution in [0.3, 0.4) is 0 Å². The zero-order valence-electron chi connectivity index (χ0n) is 16.5. The average Bonchev–Trinajstić information content (AvgIpc) is 2.74. The van der Waals surface area contributed by atoms with Gasteiger partial charge in [-0.15, -0.1) is 12.4 Å². The molecule has 0 aromatic heterocycles. The number of hydrogen-bond acceptors (Lipinski definition) is 4. The summed E-state index contributed by atoms with van der Waals surface area (Å²) in [6.07, 6.45) is 0. The molecule has 29 heavy (non-hydrogen) atoms. The molecule has 0 spiro atoms. The van der Waals surface area contributed by atoms with Crippen LogP contribution in [0.4, 0.5) is 0 Å². The van der Waals surface area contributed by atoms with Crippen LogP contribution in [0, 0.1) is 0 Å². The molecule has 0 aliphatic carbocycles. The maximum absolute atomic E-state index is 6.19. The lowest BCUT2D eigenvalue weighted by molar-refractivity contribution is 0.284. The summed E-state index contributed by atoms with van der Waals surface area (Å²) in [6.45, 7) is 1.82. The number of halogens is 2. The first kappa shape index (κ1) is 22.9. The molecule has 0 radical (unpaired) electrons. The van der Waals surface area contributed by atoms with Crippen LogP contribution in [0.5, 0.6) is 17.2 Å². The van der Waals surface area contributed by atoms with E-state index in [-0.39, 0.29) is 12.4 Å². The standard InChI is InChI=1S/C23H24ClNO3.ClH/c1-26-21-10-6-4-7-18(21)15-25-14-17-11-12-22(23(13-17)27-2)28-16-19-8-3-5-9-20(19)24;/h3-13,25H,14-16H2,1-2H3;1H. The van der Waals surface area contributed by atoms with Gasteiger partial charge in [0, 0.05) is 29.2 Å². The van der Waals surface area contributed by atoms with Crippen molar-refractivity contribution >= 4 is 24.0 Å². The smallest absolute Gasteiger partial charge is 0.161 e. The van der Waals surface area contributed by atoms with Gasteiger partial charge in [-0.25, -0.2) is 0 Å². The Morgan fingerprint density at radius 1 is 0.759 bits per heavy atom. The summed E-state index contributed by atoms with van der Waals surface area (Å²) in [4.78, 5) is 0. The summed E-state index contributed by atoms with van der Waals surface area (Å²) in [5.74, 6) is 2.27. The van der Waals surface area contributed by atoms with Crippen molar-refractivity contribution in [2.24, 2.45) is 0 Å². The molecule has 0 heterocycles. The molecule has 0 saturated heterocycles. The van der Waals surface area contributed by atoms with Gasteiger partial charge in [-0.05, 0) is 29.8 Å². The SMILES string of the molecule is COc1ccccc1CNCc1ccc(OCc2ccccc2Cl)c(OC)c1.Cl. The molecular formula is C23H25Cl2NO3. The van der Waals surface area contributed by atoms with Crippen molar-refractivity contribution in [1.82, 2.24) is 5.32 Å². The van der Waals surface area contributed by atoms with Crippen molar-refractivity contribution in [1.29, 1.82) is 0 Å². The van der Waals surface area contributed by atoms with E-state index in [0.29, 0.717) is 29.7 Å². The average molecular weight is 434 g/mol. The van der Waals surface area contributed by atoms with E-state index in [9.17, 15) is 0 Å². The molecule has 0 unspecified atom stereocenters. The van der Waals surface area contributed by atoms with Gasteiger partial charge >= 0.3 is 0 Å². The van der Waals surface area contributed by atoms with Gasteiger partial charge in [-0.1, -0.05) is 54.1 Å². The molecule has 0 aliphatic heterocycles. The number of nitrogens with one attached hydrogen (secondary N) is 1. The van der Waals surface area contributed by atoms with Gasteiger partial charge in [0.05, 0.1) is 14.2 Å². The fourth-order valence-corrected chi connectivity index (χ4v) is 3.09. The Balaban J connectivity index is 0.00000300. The first-order valence-corrected chi connectivity index (χ1v) is 9.44. The molecule has 3 rings (SSSR count). The highest BCUT2D eigenvalue weighted by Gasteiger charge is 2.08. The maximum Gasteiger partial charge on any atom is 0.161 e. The van der Waals surface area contributed by atoms with Gasteiger partial charge in [0.25, 0.3) is 0 Å². The molecule has 4 nitrogen and oxygen atoms in total.